The third-order valence-corrected chi connectivity index (χ3v) is 6.54. The van der Waals surface area contributed by atoms with Gasteiger partial charge in [-0.15, -0.1) is 0 Å². The summed E-state index contributed by atoms with van der Waals surface area (Å²) in [5.74, 6) is 0.496. The molecule has 0 spiro atoms. The second-order valence-corrected chi connectivity index (χ2v) is 9.11. The molecule has 7 heteroatoms. The smallest absolute Gasteiger partial charge is 0.263 e. The fourth-order valence-electron chi connectivity index (χ4n) is 3.30. The van der Waals surface area contributed by atoms with Crippen LogP contribution >= 0.6 is 0 Å². The Morgan fingerprint density at radius 3 is 2.13 bits per heavy atom. The Labute approximate surface area is 182 Å². The molecule has 31 heavy (non-hydrogen) atoms. The van der Waals surface area contributed by atoms with Crippen molar-refractivity contribution in [2.75, 3.05) is 10.0 Å². The fraction of sp³-hybridized carbons (Fsp3) is 0.167. The molecule has 0 amide bonds. The number of sulfonamides is 1. The Morgan fingerprint density at radius 1 is 0.839 bits per heavy atom. The van der Waals surface area contributed by atoms with Gasteiger partial charge in [-0.2, -0.15) is 0 Å². The van der Waals surface area contributed by atoms with Crippen molar-refractivity contribution in [1.82, 2.24) is 9.97 Å². The van der Waals surface area contributed by atoms with E-state index in [1.165, 1.54) is 5.56 Å². The van der Waals surface area contributed by atoms with Gasteiger partial charge in [0.2, 0.25) is 0 Å². The highest BCUT2D eigenvalue weighted by atomic mass is 32.2. The second-order valence-electron chi connectivity index (χ2n) is 7.46. The molecule has 0 fully saturated rings. The highest BCUT2D eigenvalue weighted by Gasteiger charge is 2.21. The van der Waals surface area contributed by atoms with Crippen LogP contribution in [0.15, 0.2) is 71.6 Å². The molecule has 1 aromatic heterocycles. The number of nitrogens with one attached hydrogen (secondary N) is 2. The van der Waals surface area contributed by atoms with Crippen molar-refractivity contribution >= 4 is 38.4 Å². The van der Waals surface area contributed by atoms with Gasteiger partial charge in [0.1, 0.15) is 0 Å². The van der Waals surface area contributed by atoms with Crippen molar-refractivity contribution in [3.63, 3.8) is 0 Å². The van der Waals surface area contributed by atoms with Gasteiger partial charge in [-0.1, -0.05) is 43.3 Å². The summed E-state index contributed by atoms with van der Waals surface area (Å²) in [4.78, 5) is 9.41. The number of para-hydroxylation sites is 2. The fourth-order valence-corrected chi connectivity index (χ4v) is 4.64. The molecule has 0 bridgehead atoms. The number of aromatic nitrogens is 2. The maximum absolute atomic E-state index is 13.2. The van der Waals surface area contributed by atoms with Crippen molar-refractivity contribution in [2.24, 2.45) is 0 Å². The lowest BCUT2D eigenvalue weighted by molar-refractivity contribution is 0.600. The van der Waals surface area contributed by atoms with Gasteiger partial charge in [0, 0.05) is 5.69 Å². The summed E-state index contributed by atoms with van der Waals surface area (Å²) in [5.41, 5.74) is 4.82. The number of hydrogen-bond acceptors (Lipinski definition) is 5. The Bertz CT molecular complexity index is 1350. The largest absolute Gasteiger partial charge is 0.337 e. The van der Waals surface area contributed by atoms with Crippen molar-refractivity contribution in [2.45, 2.75) is 32.1 Å². The summed E-state index contributed by atoms with van der Waals surface area (Å²) in [6.45, 7) is 5.73. The quantitative estimate of drug-likeness (QED) is 0.429. The van der Waals surface area contributed by atoms with E-state index in [0.717, 1.165) is 17.7 Å². The summed E-state index contributed by atoms with van der Waals surface area (Å²) < 4.78 is 29.0. The van der Waals surface area contributed by atoms with Crippen LogP contribution in [0, 0.1) is 13.8 Å². The minimum absolute atomic E-state index is 0.152. The number of nitrogens with zero attached hydrogens (tertiary/aromatic N) is 2. The zero-order valence-corrected chi connectivity index (χ0v) is 18.5. The molecule has 0 aliphatic rings. The molecule has 3 aromatic carbocycles. The van der Waals surface area contributed by atoms with Crippen LogP contribution in [0.5, 0.6) is 0 Å². The van der Waals surface area contributed by atoms with E-state index in [4.69, 9.17) is 0 Å². The molecular formula is C24H24N4O2S. The van der Waals surface area contributed by atoms with E-state index in [9.17, 15) is 8.42 Å². The molecule has 6 nitrogen and oxygen atoms in total. The molecule has 0 aliphatic carbocycles. The molecule has 4 aromatic rings. The van der Waals surface area contributed by atoms with Crippen LogP contribution in [0.4, 0.5) is 17.3 Å². The molecule has 0 atom stereocenters. The minimum atomic E-state index is -3.85. The van der Waals surface area contributed by atoms with Gasteiger partial charge >= 0.3 is 0 Å². The van der Waals surface area contributed by atoms with E-state index in [-0.39, 0.29) is 10.7 Å². The van der Waals surface area contributed by atoms with Crippen LogP contribution < -0.4 is 10.0 Å². The number of benzene rings is 3. The molecule has 158 valence electrons. The molecule has 2 N–H and O–H groups in total. The van der Waals surface area contributed by atoms with E-state index in [0.29, 0.717) is 22.4 Å². The van der Waals surface area contributed by atoms with Gasteiger partial charge in [0.15, 0.2) is 11.6 Å². The Balaban J connectivity index is 1.78. The Kier molecular flexibility index (Phi) is 5.61. The van der Waals surface area contributed by atoms with Crippen molar-refractivity contribution < 1.29 is 8.42 Å². The number of hydrogen-bond donors (Lipinski definition) is 2. The predicted octanol–water partition coefficient (Wildman–Crippen LogP) is 5.35. The summed E-state index contributed by atoms with van der Waals surface area (Å²) in [6.07, 6.45) is 0.941. The first-order valence-corrected chi connectivity index (χ1v) is 11.6. The molecule has 1 heterocycles. The monoisotopic (exact) mass is 432 g/mol. The van der Waals surface area contributed by atoms with Gasteiger partial charge in [-0.3, -0.25) is 4.72 Å². The number of anilines is 3. The molecule has 0 saturated carbocycles. The van der Waals surface area contributed by atoms with Gasteiger partial charge in [0.25, 0.3) is 10.0 Å². The molecule has 0 unspecified atom stereocenters. The summed E-state index contributed by atoms with van der Waals surface area (Å²) in [7, 11) is -3.85. The molecule has 4 rings (SSSR count). The molecular weight excluding hydrogens is 408 g/mol. The van der Waals surface area contributed by atoms with E-state index in [2.05, 4.69) is 26.9 Å². The van der Waals surface area contributed by atoms with Gasteiger partial charge in [-0.25, -0.2) is 18.4 Å². The van der Waals surface area contributed by atoms with Gasteiger partial charge < -0.3 is 5.32 Å². The van der Waals surface area contributed by atoms with E-state index >= 15 is 0 Å². The van der Waals surface area contributed by atoms with Gasteiger partial charge in [0.05, 0.1) is 15.9 Å². The maximum atomic E-state index is 13.2. The van der Waals surface area contributed by atoms with Crippen LogP contribution in [0.3, 0.4) is 0 Å². The van der Waals surface area contributed by atoms with Crippen LogP contribution in [-0.4, -0.2) is 18.4 Å². The number of aryl methyl sites for hydroxylation is 3. The van der Waals surface area contributed by atoms with Crippen LogP contribution in [0.2, 0.25) is 0 Å². The first-order chi connectivity index (χ1) is 14.9. The minimum Gasteiger partial charge on any atom is -0.337 e. The summed E-state index contributed by atoms with van der Waals surface area (Å²) in [6, 6.07) is 20.6. The third kappa shape index (κ3) is 4.51. The van der Waals surface area contributed by atoms with Gasteiger partial charge in [-0.05, 0) is 67.3 Å². The lowest BCUT2D eigenvalue weighted by Crippen LogP contribution is -2.17. The predicted molar refractivity (Wildman–Crippen MR) is 125 cm³/mol. The van der Waals surface area contributed by atoms with Crippen LogP contribution in [0.25, 0.3) is 11.0 Å². The molecule has 0 saturated heterocycles. The first-order valence-electron chi connectivity index (χ1n) is 10.1. The van der Waals surface area contributed by atoms with Crippen LogP contribution in [0.1, 0.15) is 23.6 Å². The zero-order chi connectivity index (χ0) is 22.0. The summed E-state index contributed by atoms with van der Waals surface area (Å²) in [5, 5.41) is 3.22. The van der Waals surface area contributed by atoms with E-state index in [1.807, 2.05) is 55.5 Å². The second kappa shape index (κ2) is 8.35. The highest BCUT2D eigenvalue weighted by Crippen LogP contribution is 2.28. The topological polar surface area (TPSA) is 84.0 Å². The average molecular weight is 433 g/mol. The zero-order valence-electron chi connectivity index (χ0n) is 17.7. The average Bonchev–Trinajstić information content (AvgIpc) is 2.76. The first kappa shape index (κ1) is 20.8. The Morgan fingerprint density at radius 2 is 1.48 bits per heavy atom. The Hall–Kier alpha value is -3.45. The molecule has 0 radical (unpaired) electrons. The van der Waals surface area contributed by atoms with Crippen LogP contribution in [-0.2, 0) is 16.4 Å². The number of rotatable bonds is 6. The van der Waals surface area contributed by atoms with E-state index in [1.54, 1.807) is 25.1 Å². The standard InChI is InChI=1S/C24H24N4O2S/c1-4-18-11-13-19(14-12-18)25-23-24(27-21-8-6-5-7-20(21)26-23)28-31(29,30)22-15-16(2)9-10-17(22)3/h5-15H,4H2,1-3H3,(H,25,26)(H,27,28). The normalized spacial score (nSPS) is 11.5. The lowest BCUT2D eigenvalue weighted by Gasteiger charge is -2.15. The van der Waals surface area contributed by atoms with Crippen molar-refractivity contribution in [3.8, 4) is 0 Å². The SMILES string of the molecule is CCc1ccc(Nc2nc3ccccc3nc2NS(=O)(=O)c2cc(C)ccc2C)cc1. The summed E-state index contributed by atoms with van der Waals surface area (Å²) >= 11 is 0. The van der Waals surface area contributed by atoms with E-state index < -0.39 is 10.0 Å². The van der Waals surface area contributed by atoms with Crippen molar-refractivity contribution in [3.05, 3.63) is 83.4 Å². The number of fused-ring (bicyclic) bond motifs is 1. The lowest BCUT2D eigenvalue weighted by atomic mass is 10.1. The van der Waals surface area contributed by atoms with Crippen molar-refractivity contribution in [1.29, 1.82) is 0 Å². The highest BCUT2D eigenvalue weighted by molar-refractivity contribution is 7.92. The molecule has 0 aliphatic heterocycles. The third-order valence-electron chi connectivity index (χ3n) is 5.06. The maximum Gasteiger partial charge on any atom is 0.263 e.